The summed E-state index contributed by atoms with van der Waals surface area (Å²) in [5.74, 6) is -1.94. The Kier molecular flexibility index (Phi) is 3.82. The van der Waals surface area contributed by atoms with Gasteiger partial charge in [0.15, 0.2) is 5.69 Å². The largest absolute Gasteiger partial charge is 0.548 e. The van der Waals surface area contributed by atoms with Crippen LogP contribution in [-0.4, -0.2) is 15.7 Å². The van der Waals surface area contributed by atoms with Crippen LogP contribution in [0.2, 0.25) is 0 Å². The molecule has 0 saturated heterocycles. The number of hydrogen-bond donors (Lipinski definition) is 0. The van der Waals surface area contributed by atoms with Crippen LogP contribution in [-0.2, 0) is 17.1 Å². The highest BCUT2D eigenvalue weighted by molar-refractivity contribution is 5.69. The molecule has 1 rings (SSSR count). The molecule has 0 aliphatic heterocycles. The van der Waals surface area contributed by atoms with Gasteiger partial charge in [-0.2, -0.15) is 31.4 Å². The van der Waals surface area contributed by atoms with Gasteiger partial charge in [0.1, 0.15) is 5.69 Å². The Morgan fingerprint density at radius 1 is 1.32 bits per heavy atom. The lowest BCUT2D eigenvalue weighted by molar-refractivity contribution is -0.311. The van der Waals surface area contributed by atoms with Gasteiger partial charge in [0.2, 0.25) is 0 Å². The van der Waals surface area contributed by atoms with Crippen molar-refractivity contribution in [3.8, 4) is 0 Å². The third-order valence-corrected chi connectivity index (χ3v) is 2.27. The zero-order valence-electron chi connectivity index (χ0n) is 9.34. The molecule has 0 spiro atoms. The molecule has 19 heavy (non-hydrogen) atoms. The van der Waals surface area contributed by atoms with E-state index in [0.717, 1.165) is 0 Å². The Labute approximate surface area is 102 Å². The highest BCUT2D eigenvalue weighted by Crippen LogP contribution is 2.36. The average Bonchev–Trinajstić information content (AvgIpc) is 2.61. The zero-order valence-corrected chi connectivity index (χ0v) is 9.34. The zero-order chi connectivity index (χ0) is 15.0. The molecule has 1 aromatic rings. The summed E-state index contributed by atoms with van der Waals surface area (Å²) in [4.78, 5) is 10.6. The van der Waals surface area contributed by atoms with Gasteiger partial charge in [0.05, 0.1) is 12.0 Å². The van der Waals surface area contributed by atoms with Crippen molar-refractivity contribution < 1.29 is 36.2 Å². The summed E-state index contributed by atoms with van der Waals surface area (Å²) in [6, 6.07) is -2.15. The Bertz CT molecular complexity index is 476. The van der Waals surface area contributed by atoms with Crippen molar-refractivity contribution in [1.82, 2.24) is 9.78 Å². The number of aliphatic carboxylic acids is 1. The van der Waals surface area contributed by atoms with E-state index in [1.54, 1.807) is 0 Å². The fourth-order valence-electron chi connectivity index (χ4n) is 1.42. The first-order valence-electron chi connectivity index (χ1n) is 4.93. The van der Waals surface area contributed by atoms with E-state index in [2.05, 4.69) is 5.10 Å². The summed E-state index contributed by atoms with van der Waals surface area (Å²) in [5.41, 5.74) is -3.59. The van der Waals surface area contributed by atoms with E-state index in [4.69, 9.17) is 0 Å². The number of carboxylic acids is 1. The van der Waals surface area contributed by atoms with E-state index in [0.29, 0.717) is 0 Å². The van der Waals surface area contributed by atoms with Gasteiger partial charge in [-0.15, -0.1) is 0 Å². The molecule has 1 unspecified atom stereocenters. The second-order valence-electron chi connectivity index (χ2n) is 3.60. The smallest absolute Gasteiger partial charge is 0.435 e. The lowest BCUT2D eigenvalue weighted by Gasteiger charge is -2.20. The van der Waals surface area contributed by atoms with E-state index in [1.807, 2.05) is 0 Å². The van der Waals surface area contributed by atoms with Crippen molar-refractivity contribution in [2.45, 2.75) is 31.7 Å². The standard InChI is InChI=1S/C9H8F6N2O2/c1-2-4(7(18)19)17-6(9(13,14)15)3-5(16-17)8(10,11)12/h3-4H,2H2,1H3,(H,18,19)/p-1. The first-order valence-corrected chi connectivity index (χ1v) is 4.93. The molecule has 1 heterocycles. The van der Waals surface area contributed by atoms with E-state index in [9.17, 15) is 36.2 Å². The third-order valence-electron chi connectivity index (χ3n) is 2.27. The predicted octanol–water partition coefficient (Wildman–Crippen LogP) is 1.62. The number of nitrogens with zero attached hydrogens (tertiary/aromatic N) is 2. The molecule has 0 radical (unpaired) electrons. The monoisotopic (exact) mass is 289 g/mol. The molecular formula is C9H7F6N2O2-. The van der Waals surface area contributed by atoms with Crippen molar-refractivity contribution in [1.29, 1.82) is 0 Å². The molecule has 1 aromatic heterocycles. The summed E-state index contributed by atoms with van der Waals surface area (Å²) in [6.45, 7) is 1.19. The molecule has 108 valence electrons. The van der Waals surface area contributed by atoms with Gasteiger partial charge in [-0.05, 0) is 6.42 Å². The van der Waals surface area contributed by atoms with Crippen LogP contribution in [0, 0.1) is 0 Å². The van der Waals surface area contributed by atoms with Crippen molar-refractivity contribution in [3.63, 3.8) is 0 Å². The van der Waals surface area contributed by atoms with Gasteiger partial charge >= 0.3 is 12.4 Å². The van der Waals surface area contributed by atoms with Gasteiger partial charge in [0, 0.05) is 6.07 Å². The van der Waals surface area contributed by atoms with E-state index < -0.39 is 42.2 Å². The maximum absolute atomic E-state index is 12.6. The predicted molar refractivity (Wildman–Crippen MR) is 46.6 cm³/mol. The van der Waals surface area contributed by atoms with Crippen molar-refractivity contribution in [2.24, 2.45) is 0 Å². The van der Waals surface area contributed by atoms with Crippen LogP contribution in [0.15, 0.2) is 6.07 Å². The van der Waals surface area contributed by atoms with Crippen LogP contribution >= 0.6 is 0 Å². The molecule has 4 nitrogen and oxygen atoms in total. The Morgan fingerprint density at radius 2 is 1.84 bits per heavy atom. The van der Waals surface area contributed by atoms with Crippen LogP contribution in [0.3, 0.4) is 0 Å². The number of carboxylic acid groups (broad SMARTS) is 1. The molecule has 0 fully saturated rings. The van der Waals surface area contributed by atoms with Crippen LogP contribution < -0.4 is 5.11 Å². The molecule has 0 amide bonds. The molecule has 0 aromatic carbocycles. The number of halogens is 6. The molecule has 0 saturated carbocycles. The lowest BCUT2D eigenvalue weighted by atomic mass is 10.2. The average molecular weight is 289 g/mol. The summed E-state index contributed by atoms with van der Waals surface area (Å²) >= 11 is 0. The number of carbonyl (C=O) groups is 1. The summed E-state index contributed by atoms with van der Waals surface area (Å²) < 4.78 is 74.5. The Hall–Kier alpha value is -1.74. The molecule has 0 aliphatic carbocycles. The minimum absolute atomic E-state index is 0.210. The van der Waals surface area contributed by atoms with Crippen molar-refractivity contribution in [2.75, 3.05) is 0 Å². The Balaban J connectivity index is 3.44. The minimum Gasteiger partial charge on any atom is -0.548 e. The maximum Gasteiger partial charge on any atom is 0.435 e. The normalized spacial score (nSPS) is 14.5. The highest BCUT2D eigenvalue weighted by atomic mass is 19.4. The number of rotatable bonds is 3. The second kappa shape index (κ2) is 4.74. The number of carbonyl (C=O) groups excluding carboxylic acids is 1. The van der Waals surface area contributed by atoms with Crippen molar-refractivity contribution in [3.05, 3.63) is 17.5 Å². The minimum atomic E-state index is -5.15. The third kappa shape index (κ3) is 3.18. The fourth-order valence-corrected chi connectivity index (χ4v) is 1.42. The quantitative estimate of drug-likeness (QED) is 0.794. The summed E-state index contributed by atoms with van der Waals surface area (Å²) in [5, 5.41) is 13.3. The summed E-state index contributed by atoms with van der Waals surface area (Å²) in [7, 11) is 0. The van der Waals surface area contributed by atoms with Crippen LogP contribution in [0.5, 0.6) is 0 Å². The van der Waals surface area contributed by atoms with Crippen LogP contribution in [0.25, 0.3) is 0 Å². The van der Waals surface area contributed by atoms with Crippen LogP contribution in [0.1, 0.15) is 30.8 Å². The topological polar surface area (TPSA) is 57.9 Å². The van der Waals surface area contributed by atoms with Crippen LogP contribution in [0.4, 0.5) is 26.3 Å². The number of aromatic nitrogens is 2. The number of hydrogen-bond acceptors (Lipinski definition) is 3. The summed E-state index contributed by atoms with van der Waals surface area (Å²) in [6.07, 6.45) is -10.7. The van der Waals surface area contributed by atoms with Gasteiger partial charge in [-0.3, -0.25) is 4.68 Å². The molecule has 0 bridgehead atoms. The van der Waals surface area contributed by atoms with Gasteiger partial charge in [0.25, 0.3) is 0 Å². The molecule has 1 atom stereocenters. The maximum atomic E-state index is 12.6. The van der Waals surface area contributed by atoms with E-state index in [-0.39, 0.29) is 10.7 Å². The lowest BCUT2D eigenvalue weighted by Crippen LogP contribution is -2.35. The number of alkyl halides is 6. The van der Waals surface area contributed by atoms with Gasteiger partial charge < -0.3 is 9.90 Å². The van der Waals surface area contributed by atoms with E-state index >= 15 is 0 Å². The van der Waals surface area contributed by atoms with E-state index in [1.165, 1.54) is 6.92 Å². The first kappa shape index (κ1) is 15.3. The molecule has 10 heteroatoms. The van der Waals surface area contributed by atoms with Gasteiger partial charge in [-0.25, -0.2) is 0 Å². The first-order chi connectivity index (χ1) is 8.48. The Morgan fingerprint density at radius 3 is 2.16 bits per heavy atom. The SMILES string of the molecule is CCC(C(=O)[O-])n1nc(C(F)(F)F)cc1C(F)(F)F. The van der Waals surface area contributed by atoms with Crippen molar-refractivity contribution >= 4 is 5.97 Å². The highest BCUT2D eigenvalue weighted by Gasteiger charge is 2.43. The van der Waals surface area contributed by atoms with Gasteiger partial charge in [-0.1, -0.05) is 6.92 Å². The molecular weight excluding hydrogens is 282 g/mol. The second-order valence-corrected chi connectivity index (χ2v) is 3.60. The fraction of sp³-hybridized carbons (Fsp3) is 0.556. The molecule has 0 aliphatic rings. The molecule has 0 N–H and O–H groups in total.